The summed E-state index contributed by atoms with van der Waals surface area (Å²) in [6, 6.07) is 16.5. The van der Waals surface area contributed by atoms with Crippen LogP contribution in [0.25, 0.3) is 0 Å². The summed E-state index contributed by atoms with van der Waals surface area (Å²) in [7, 11) is 0. The first-order chi connectivity index (χ1) is 11.0. The van der Waals surface area contributed by atoms with E-state index in [1.54, 1.807) is 0 Å². The standard InChI is InChI=1S/C20H26N2O/c1-5-22(15(2)3)19-12-10-18(11-13-19)21-20(23)14-17-9-7-6-8-16(17)4/h6-13,15H,5,14H2,1-4H3,(H,21,23). The molecule has 3 heteroatoms. The van der Waals surface area contributed by atoms with E-state index in [0.29, 0.717) is 12.5 Å². The molecule has 1 N–H and O–H groups in total. The van der Waals surface area contributed by atoms with Gasteiger partial charge >= 0.3 is 0 Å². The quantitative estimate of drug-likeness (QED) is 0.857. The smallest absolute Gasteiger partial charge is 0.228 e. The van der Waals surface area contributed by atoms with Crippen molar-refractivity contribution in [2.75, 3.05) is 16.8 Å². The third-order valence-electron chi connectivity index (χ3n) is 4.06. The molecule has 0 radical (unpaired) electrons. The molecule has 0 saturated heterocycles. The fourth-order valence-corrected chi connectivity index (χ4v) is 2.77. The summed E-state index contributed by atoms with van der Waals surface area (Å²) >= 11 is 0. The van der Waals surface area contributed by atoms with Crippen LogP contribution in [0.4, 0.5) is 11.4 Å². The van der Waals surface area contributed by atoms with Crippen LogP contribution in [0.15, 0.2) is 48.5 Å². The lowest BCUT2D eigenvalue weighted by molar-refractivity contribution is -0.115. The minimum absolute atomic E-state index is 0.0169. The summed E-state index contributed by atoms with van der Waals surface area (Å²) in [5.74, 6) is 0.0169. The maximum atomic E-state index is 12.2. The van der Waals surface area contributed by atoms with E-state index in [0.717, 1.165) is 23.4 Å². The molecule has 0 atom stereocenters. The van der Waals surface area contributed by atoms with Crippen molar-refractivity contribution in [3.63, 3.8) is 0 Å². The molecule has 2 rings (SSSR count). The first kappa shape index (κ1) is 17.1. The van der Waals surface area contributed by atoms with Gasteiger partial charge in [0.1, 0.15) is 0 Å². The van der Waals surface area contributed by atoms with Gasteiger partial charge in [-0.15, -0.1) is 0 Å². The van der Waals surface area contributed by atoms with Crippen LogP contribution >= 0.6 is 0 Å². The summed E-state index contributed by atoms with van der Waals surface area (Å²) < 4.78 is 0. The molecule has 0 fully saturated rings. The molecule has 0 saturated carbocycles. The number of benzene rings is 2. The Bertz CT molecular complexity index is 647. The first-order valence-electron chi connectivity index (χ1n) is 8.22. The molecule has 23 heavy (non-hydrogen) atoms. The fourth-order valence-electron chi connectivity index (χ4n) is 2.77. The van der Waals surface area contributed by atoms with E-state index >= 15 is 0 Å². The zero-order valence-corrected chi connectivity index (χ0v) is 14.5. The molecular formula is C20H26N2O. The number of hydrogen-bond acceptors (Lipinski definition) is 2. The number of anilines is 2. The number of hydrogen-bond donors (Lipinski definition) is 1. The highest BCUT2D eigenvalue weighted by Crippen LogP contribution is 2.20. The van der Waals surface area contributed by atoms with Gasteiger partial charge in [0.25, 0.3) is 0 Å². The maximum absolute atomic E-state index is 12.2. The normalized spacial score (nSPS) is 10.7. The highest BCUT2D eigenvalue weighted by Gasteiger charge is 2.09. The maximum Gasteiger partial charge on any atom is 0.228 e. The van der Waals surface area contributed by atoms with Gasteiger partial charge in [-0.25, -0.2) is 0 Å². The van der Waals surface area contributed by atoms with Crippen LogP contribution in [0, 0.1) is 6.92 Å². The van der Waals surface area contributed by atoms with Gasteiger partial charge in [-0.2, -0.15) is 0 Å². The van der Waals surface area contributed by atoms with Crippen molar-refractivity contribution >= 4 is 17.3 Å². The summed E-state index contributed by atoms with van der Waals surface area (Å²) in [6.45, 7) is 9.51. The lowest BCUT2D eigenvalue weighted by Crippen LogP contribution is -2.30. The van der Waals surface area contributed by atoms with Crippen LogP contribution in [0.2, 0.25) is 0 Å². The predicted molar refractivity (Wildman–Crippen MR) is 98.1 cm³/mol. The number of aryl methyl sites for hydroxylation is 1. The Hall–Kier alpha value is -2.29. The highest BCUT2D eigenvalue weighted by atomic mass is 16.1. The second kappa shape index (κ2) is 7.82. The van der Waals surface area contributed by atoms with E-state index in [4.69, 9.17) is 0 Å². The molecule has 0 unspecified atom stereocenters. The van der Waals surface area contributed by atoms with Gasteiger partial charge in [-0.05, 0) is 63.1 Å². The van der Waals surface area contributed by atoms with Gasteiger partial charge in [0, 0.05) is 24.0 Å². The summed E-state index contributed by atoms with van der Waals surface area (Å²) in [5, 5.41) is 2.97. The average molecular weight is 310 g/mol. The number of rotatable bonds is 6. The van der Waals surface area contributed by atoms with E-state index in [9.17, 15) is 4.79 Å². The second-order valence-corrected chi connectivity index (χ2v) is 6.08. The molecule has 2 aromatic rings. The van der Waals surface area contributed by atoms with Crippen LogP contribution < -0.4 is 10.2 Å². The minimum Gasteiger partial charge on any atom is -0.369 e. The SMILES string of the molecule is CCN(c1ccc(NC(=O)Cc2ccccc2C)cc1)C(C)C. The molecule has 0 aliphatic carbocycles. The number of amides is 1. The Morgan fingerprint density at radius 2 is 1.74 bits per heavy atom. The summed E-state index contributed by atoms with van der Waals surface area (Å²) in [4.78, 5) is 14.5. The van der Waals surface area contributed by atoms with E-state index in [-0.39, 0.29) is 5.91 Å². The van der Waals surface area contributed by atoms with Crippen LogP contribution in [0.3, 0.4) is 0 Å². The van der Waals surface area contributed by atoms with Gasteiger partial charge in [-0.3, -0.25) is 4.79 Å². The molecule has 0 aliphatic rings. The predicted octanol–water partition coefficient (Wildman–Crippen LogP) is 4.41. The molecular weight excluding hydrogens is 284 g/mol. The van der Waals surface area contributed by atoms with Crippen LogP contribution in [-0.4, -0.2) is 18.5 Å². The van der Waals surface area contributed by atoms with Crippen molar-refractivity contribution in [1.29, 1.82) is 0 Å². The van der Waals surface area contributed by atoms with Crippen molar-refractivity contribution in [2.24, 2.45) is 0 Å². The van der Waals surface area contributed by atoms with Crippen molar-refractivity contribution in [3.05, 3.63) is 59.7 Å². The van der Waals surface area contributed by atoms with Gasteiger partial charge in [0.15, 0.2) is 0 Å². The molecule has 3 nitrogen and oxygen atoms in total. The van der Waals surface area contributed by atoms with Crippen LogP contribution in [0.5, 0.6) is 0 Å². The van der Waals surface area contributed by atoms with Crippen molar-refractivity contribution in [2.45, 2.75) is 40.2 Å². The zero-order valence-electron chi connectivity index (χ0n) is 14.5. The van der Waals surface area contributed by atoms with E-state index < -0.39 is 0 Å². The van der Waals surface area contributed by atoms with Crippen molar-refractivity contribution < 1.29 is 4.79 Å². The molecule has 0 heterocycles. The van der Waals surface area contributed by atoms with E-state index in [1.807, 2.05) is 43.3 Å². The molecule has 122 valence electrons. The average Bonchev–Trinajstić information content (AvgIpc) is 2.51. The number of carbonyl (C=O) groups is 1. The Labute approximate surface area is 139 Å². The second-order valence-electron chi connectivity index (χ2n) is 6.08. The zero-order chi connectivity index (χ0) is 16.8. The largest absolute Gasteiger partial charge is 0.369 e. The third kappa shape index (κ3) is 4.59. The highest BCUT2D eigenvalue weighted by molar-refractivity contribution is 5.92. The first-order valence-corrected chi connectivity index (χ1v) is 8.22. The van der Waals surface area contributed by atoms with E-state index in [1.165, 1.54) is 5.69 Å². The van der Waals surface area contributed by atoms with Crippen molar-refractivity contribution in [3.8, 4) is 0 Å². The molecule has 0 aromatic heterocycles. The van der Waals surface area contributed by atoms with E-state index in [2.05, 4.69) is 43.1 Å². The lowest BCUT2D eigenvalue weighted by Gasteiger charge is -2.27. The number of nitrogens with one attached hydrogen (secondary N) is 1. The van der Waals surface area contributed by atoms with Crippen LogP contribution in [0.1, 0.15) is 31.9 Å². The van der Waals surface area contributed by atoms with Crippen LogP contribution in [-0.2, 0) is 11.2 Å². The molecule has 0 bridgehead atoms. The lowest BCUT2D eigenvalue weighted by atomic mass is 10.1. The molecule has 1 amide bonds. The van der Waals surface area contributed by atoms with Gasteiger partial charge < -0.3 is 10.2 Å². The van der Waals surface area contributed by atoms with Gasteiger partial charge in [0.05, 0.1) is 6.42 Å². The number of carbonyl (C=O) groups excluding carboxylic acids is 1. The van der Waals surface area contributed by atoms with Crippen molar-refractivity contribution in [1.82, 2.24) is 0 Å². The third-order valence-corrected chi connectivity index (χ3v) is 4.06. The summed E-state index contributed by atoms with van der Waals surface area (Å²) in [6.07, 6.45) is 0.404. The Kier molecular flexibility index (Phi) is 5.80. The Morgan fingerprint density at radius 1 is 1.09 bits per heavy atom. The summed E-state index contributed by atoms with van der Waals surface area (Å²) in [5.41, 5.74) is 4.23. The Morgan fingerprint density at radius 3 is 2.30 bits per heavy atom. The molecule has 0 aliphatic heterocycles. The molecule has 2 aromatic carbocycles. The van der Waals surface area contributed by atoms with Gasteiger partial charge in [-0.1, -0.05) is 24.3 Å². The minimum atomic E-state index is 0.0169. The Balaban J connectivity index is 2.00. The molecule has 0 spiro atoms. The van der Waals surface area contributed by atoms with Gasteiger partial charge in [0.2, 0.25) is 5.91 Å². The fraction of sp³-hybridized carbons (Fsp3) is 0.350. The monoisotopic (exact) mass is 310 g/mol. The number of nitrogens with zero attached hydrogens (tertiary/aromatic N) is 1. The topological polar surface area (TPSA) is 32.3 Å².